The summed E-state index contributed by atoms with van der Waals surface area (Å²) in [4.78, 5) is 30.6. The number of carbonyl (C=O) groups is 2. The Bertz CT molecular complexity index is 1270. The molecule has 202 valence electrons. The SMILES string of the molecule is Cc1c(C(=O)Nc2ccc3c(c2)B(O)OC3)nnn1-c1ccccn1.NC(N)=NCCCC(N)C(=O)O.O. The van der Waals surface area contributed by atoms with Gasteiger partial charge in [0.15, 0.2) is 17.5 Å². The zero-order chi connectivity index (χ0) is 26.9. The quantitative estimate of drug-likeness (QED) is 0.0813. The van der Waals surface area contributed by atoms with Crippen molar-refractivity contribution in [3.05, 3.63) is 59.5 Å². The van der Waals surface area contributed by atoms with Gasteiger partial charge in [0.25, 0.3) is 5.91 Å². The molecule has 1 atom stereocenters. The number of anilines is 1. The fraction of sp³-hybridized carbons (Fsp3) is 0.273. The molecular weight excluding hydrogens is 497 g/mol. The minimum absolute atomic E-state index is 0. The standard InChI is InChI=1S/C16H14BN5O3.C6H14N4O2.H2O/c1-10-15(20-21-22(10)14-4-2-3-7-18-14)16(23)19-12-6-5-11-9-25-17(24)13(11)8-12;7-4(5(11)12)2-1-3-10-6(8)9;/h2-8,24H,9H2,1H3,(H,19,23);4H,1-3,7H2,(H,11,12)(H4,8,9,10);1H2. The molecular formula is C22H30BN9O6. The molecule has 0 fully saturated rings. The smallest absolute Gasteiger partial charge is 0.480 e. The third-order valence-electron chi connectivity index (χ3n) is 5.33. The summed E-state index contributed by atoms with van der Waals surface area (Å²) in [6, 6.07) is 9.87. The summed E-state index contributed by atoms with van der Waals surface area (Å²) in [6.45, 7) is 2.54. The van der Waals surface area contributed by atoms with E-state index in [0.29, 0.717) is 48.7 Å². The first-order valence-corrected chi connectivity index (χ1v) is 11.3. The molecule has 3 heterocycles. The molecule has 1 aliphatic rings. The highest BCUT2D eigenvalue weighted by molar-refractivity contribution is 6.61. The number of aliphatic imine (C=N–C) groups is 1. The summed E-state index contributed by atoms with van der Waals surface area (Å²) in [5, 5.41) is 28.9. The van der Waals surface area contributed by atoms with Gasteiger partial charge < -0.3 is 42.8 Å². The number of pyridine rings is 1. The van der Waals surface area contributed by atoms with Crippen molar-refractivity contribution in [3.63, 3.8) is 0 Å². The number of hydrogen-bond donors (Lipinski definition) is 6. The molecule has 1 aliphatic heterocycles. The Morgan fingerprint density at radius 1 is 1.29 bits per heavy atom. The topological polar surface area (TPSA) is 261 Å². The highest BCUT2D eigenvalue weighted by Crippen LogP contribution is 2.16. The molecule has 1 amide bonds. The Hall–Kier alpha value is -4.38. The predicted molar refractivity (Wildman–Crippen MR) is 140 cm³/mol. The van der Waals surface area contributed by atoms with Crippen LogP contribution in [0.15, 0.2) is 47.6 Å². The second-order valence-electron chi connectivity index (χ2n) is 8.05. The molecule has 0 saturated carbocycles. The maximum Gasteiger partial charge on any atom is 0.491 e. The van der Waals surface area contributed by atoms with E-state index in [-0.39, 0.29) is 23.0 Å². The van der Waals surface area contributed by atoms with Crippen molar-refractivity contribution in [1.29, 1.82) is 0 Å². The zero-order valence-corrected chi connectivity index (χ0v) is 20.6. The molecule has 15 nitrogen and oxygen atoms in total. The van der Waals surface area contributed by atoms with Gasteiger partial charge in [0.05, 0.1) is 12.3 Å². The number of rotatable bonds is 8. The van der Waals surface area contributed by atoms with Crippen molar-refractivity contribution in [3.8, 4) is 5.82 Å². The number of nitrogens with zero attached hydrogens (tertiary/aromatic N) is 5. The van der Waals surface area contributed by atoms with Crippen molar-refractivity contribution < 1.29 is 29.9 Å². The number of guanidine groups is 1. The van der Waals surface area contributed by atoms with Gasteiger partial charge in [-0.15, -0.1) is 5.10 Å². The molecule has 1 unspecified atom stereocenters. The van der Waals surface area contributed by atoms with E-state index in [1.54, 1.807) is 37.4 Å². The van der Waals surface area contributed by atoms with E-state index in [9.17, 15) is 14.6 Å². The van der Waals surface area contributed by atoms with E-state index in [0.717, 1.165) is 5.56 Å². The van der Waals surface area contributed by atoms with Crippen LogP contribution in [0.25, 0.3) is 5.82 Å². The summed E-state index contributed by atoms with van der Waals surface area (Å²) in [6.07, 6.45) is 2.60. The van der Waals surface area contributed by atoms with Crippen LogP contribution in [0.5, 0.6) is 0 Å². The maximum absolute atomic E-state index is 12.5. The zero-order valence-electron chi connectivity index (χ0n) is 20.6. The predicted octanol–water partition coefficient (Wildman–Crippen LogP) is -1.93. The second-order valence-corrected chi connectivity index (χ2v) is 8.05. The number of nitrogens with one attached hydrogen (secondary N) is 1. The number of carboxylic acids is 1. The van der Waals surface area contributed by atoms with Crippen molar-refractivity contribution >= 4 is 36.1 Å². The van der Waals surface area contributed by atoms with E-state index in [1.807, 2.05) is 12.1 Å². The lowest BCUT2D eigenvalue weighted by Gasteiger charge is -2.06. The van der Waals surface area contributed by atoms with Gasteiger partial charge in [-0.2, -0.15) is 4.68 Å². The van der Waals surface area contributed by atoms with Gasteiger partial charge in [-0.05, 0) is 55.1 Å². The number of hydrogen-bond acceptors (Lipinski definition) is 9. The van der Waals surface area contributed by atoms with E-state index in [4.69, 9.17) is 27.0 Å². The highest BCUT2D eigenvalue weighted by atomic mass is 16.5. The van der Waals surface area contributed by atoms with E-state index in [2.05, 4.69) is 25.6 Å². The minimum atomic E-state index is -1.00. The highest BCUT2D eigenvalue weighted by Gasteiger charge is 2.27. The van der Waals surface area contributed by atoms with Crippen LogP contribution >= 0.6 is 0 Å². The third-order valence-corrected chi connectivity index (χ3v) is 5.33. The number of carboxylic acid groups (broad SMARTS) is 1. The number of nitrogens with two attached hydrogens (primary N) is 3. The fourth-order valence-corrected chi connectivity index (χ4v) is 3.36. The molecule has 0 radical (unpaired) electrons. The molecule has 11 N–H and O–H groups in total. The monoisotopic (exact) mass is 527 g/mol. The van der Waals surface area contributed by atoms with Crippen LogP contribution in [0.1, 0.15) is 34.6 Å². The van der Waals surface area contributed by atoms with Gasteiger partial charge in [-0.1, -0.05) is 17.3 Å². The van der Waals surface area contributed by atoms with Gasteiger partial charge in [-0.3, -0.25) is 14.6 Å². The number of amides is 1. The Kier molecular flexibility index (Phi) is 10.8. The first kappa shape index (κ1) is 29.9. The molecule has 4 rings (SSSR count). The summed E-state index contributed by atoms with van der Waals surface area (Å²) < 4.78 is 6.66. The van der Waals surface area contributed by atoms with Gasteiger partial charge in [-0.25, -0.2) is 4.98 Å². The van der Waals surface area contributed by atoms with E-state index in [1.165, 1.54) is 4.68 Å². The summed E-state index contributed by atoms with van der Waals surface area (Å²) in [5.41, 5.74) is 18.2. The number of carbonyl (C=O) groups excluding carboxylic acids is 1. The molecule has 0 aliphatic carbocycles. The van der Waals surface area contributed by atoms with Crippen LogP contribution in [-0.2, 0) is 16.1 Å². The molecule has 1 aromatic carbocycles. The molecule has 0 spiro atoms. The summed E-state index contributed by atoms with van der Waals surface area (Å²) in [5.74, 6) is -0.781. The summed E-state index contributed by atoms with van der Waals surface area (Å²) >= 11 is 0. The largest absolute Gasteiger partial charge is 0.491 e. The maximum atomic E-state index is 12.5. The van der Waals surface area contributed by atoms with Crippen LogP contribution in [0.4, 0.5) is 5.69 Å². The van der Waals surface area contributed by atoms with E-state index >= 15 is 0 Å². The molecule has 0 bridgehead atoms. The first-order valence-electron chi connectivity index (χ1n) is 11.3. The first-order chi connectivity index (χ1) is 17.7. The molecule has 16 heteroatoms. The minimum Gasteiger partial charge on any atom is -0.480 e. The van der Waals surface area contributed by atoms with Crippen molar-refractivity contribution in [2.45, 2.75) is 32.4 Å². The Morgan fingerprint density at radius 2 is 2.05 bits per heavy atom. The van der Waals surface area contributed by atoms with Crippen LogP contribution in [0, 0.1) is 6.92 Å². The lowest BCUT2D eigenvalue weighted by Crippen LogP contribution is -2.30. The van der Waals surface area contributed by atoms with Gasteiger partial charge in [0.1, 0.15) is 6.04 Å². The number of benzene rings is 1. The second kappa shape index (κ2) is 13.8. The Balaban J connectivity index is 0.000000335. The van der Waals surface area contributed by atoms with Crippen LogP contribution < -0.4 is 28.0 Å². The molecule has 0 saturated heterocycles. The van der Waals surface area contributed by atoms with Gasteiger partial charge >= 0.3 is 13.1 Å². The number of aromatic nitrogens is 4. The summed E-state index contributed by atoms with van der Waals surface area (Å²) in [7, 11) is -0.960. The third kappa shape index (κ3) is 7.81. The van der Waals surface area contributed by atoms with Crippen molar-refractivity contribution in [2.24, 2.45) is 22.2 Å². The van der Waals surface area contributed by atoms with Gasteiger partial charge in [0.2, 0.25) is 0 Å². The lowest BCUT2D eigenvalue weighted by molar-refractivity contribution is -0.138. The average molecular weight is 527 g/mol. The molecule has 2 aromatic heterocycles. The Morgan fingerprint density at radius 3 is 2.71 bits per heavy atom. The van der Waals surface area contributed by atoms with Crippen molar-refractivity contribution in [2.75, 3.05) is 11.9 Å². The number of fused-ring (bicyclic) bond motifs is 1. The lowest BCUT2D eigenvalue weighted by atomic mass is 9.79. The van der Waals surface area contributed by atoms with Crippen LogP contribution in [-0.4, -0.2) is 73.1 Å². The average Bonchev–Trinajstić information content (AvgIpc) is 3.44. The Labute approximate surface area is 218 Å². The number of aliphatic carboxylic acids is 1. The van der Waals surface area contributed by atoms with Crippen LogP contribution in [0.2, 0.25) is 0 Å². The van der Waals surface area contributed by atoms with Crippen LogP contribution in [0.3, 0.4) is 0 Å². The molecule has 38 heavy (non-hydrogen) atoms. The van der Waals surface area contributed by atoms with E-state index < -0.39 is 19.1 Å². The normalized spacial score (nSPS) is 12.3. The molecule has 3 aromatic rings. The fourth-order valence-electron chi connectivity index (χ4n) is 3.36. The van der Waals surface area contributed by atoms with Crippen molar-refractivity contribution in [1.82, 2.24) is 20.0 Å². The van der Waals surface area contributed by atoms with Gasteiger partial charge in [0, 0.05) is 18.4 Å².